The highest BCUT2D eigenvalue weighted by molar-refractivity contribution is 7.92. The summed E-state index contributed by atoms with van der Waals surface area (Å²) in [7, 11) is -2.55. The van der Waals surface area contributed by atoms with E-state index in [1.54, 1.807) is 12.1 Å². The van der Waals surface area contributed by atoms with Gasteiger partial charge < -0.3 is 10.1 Å². The summed E-state index contributed by atoms with van der Waals surface area (Å²) in [5.74, 6) is -0.315. The maximum atomic E-state index is 12.6. The average Bonchev–Trinajstić information content (AvgIpc) is 2.74. The number of hydrogen-bond acceptors (Lipinski definition) is 7. The van der Waals surface area contributed by atoms with Crippen LogP contribution in [-0.4, -0.2) is 36.5 Å². The van der Waals surface area contributed by atoms with Crippen molar-refractivity contribution in [2.24, 2.45) is 0 Å². The van der Waals surface area contributed by atoms with E-state index in [1.807, 2.05) is 19.1 Å². The minimum Gasteiger partial charge on any atom is -0.478 e. The molecule has 1 aromatic heterocycles. The van der Waals surface area contributed by atoms with Gasteiger partial charge >= 0.3 is 0 Å². The fourth-order valence-corrected chi connectivity index (χ4v) is 3.71. The Morgan fingerprint density at radius 1 is 1.00 bits per heavy atom. The molecule has 0 atom stereocenters. The van der Waals surface area contributed by atoms with Crippen LogP contribution in [-0.2, 0) is 10.0 Å². The van der Waals surface area contributed by atoms with Crippen molar-refractivity contribution < 1.29 is 17.9 Å². The first-order valence-electron chi connectivity index (χ1n) is 8.95. The summed E-state index contributed by atoms with van der Waals surface area (Å²) in [4.78, 5) is 20.0. The van der Waals surface area contributed by atoms with Crippen LogP contribution in [0.4, 0.5) is 11.5 Å². The highest BCUT2D eigenvalue weighted by Crippen LogP contribution is 2.22. The Morgan fingerprint density at radius 2 is 1.65 bits per heavy atom. The summed E-state index contributed by atoms with van der Waals surface area (Å²) in [6.07, 6.45) is 2.73. The number of methoxy groups -OCH3 is 1. The maximum absolute atomic E-state index is 12.6. The van der Waals surface area contributed by atoms with E-state index >= 15 is 0 Å². The van der Waals surface area contributed by atoms with Crippen LogP contribution in [0.3, 0.4) is 0 Å². The number of anilines is 2. The fraction of sp³-hybridized carbons (Fsp3) is 0.100. The molecule has 0 aliphatic rings. The zero-order chi connectivity index (χ0) is 22.4. The van der Waals surface area contributed by atoms with Crippen LogP contribution >= 0.6 is 12.2 Å². The molecular formula is C20H19N5O4S2. The molecule has 0 aliphatic carbocycles. The van der Waals surface area contributed by atoms with Crippen LogP contribution in [0.15, 0.2) is 65.8 Å². The zero-order valence-electron chi connectivity index (χ0n) is 16.6. The molecular weight excluding hydrogens is 438 g/mol. The van der Waals surface area contributed by atoms with Crippen molar-refractivity contribution in [2.45, 2.75) is 11.8 Å². The number of amides is 1. The zero-order valence-corrected chi connectivity index (χ0v) is 18.3. The van der Waals surface area contributed by atoms with Crippen molar-refractivity contribution in [2.75, 3.05) is 17.1 Å². The number of carbonyl (C=O) groups excluding carboxylic acids is 1. The second-order valence-electron chi connectivity index (χ2n) is 6.32. The van der Waals surface area contributed by atoms with Gasteiger partial charge in [0.05, 0.1) is 12.0 Å². The second kappa shape index (κ2) is 9.49. The lowest BCUT2D eigenvalue weighted by Crippen LogP contribution is -2.34. The number of aromatic nitrogens is 2. The molecule has 0 aliphatic heterocycles. The molecule has 0 unspecified atom stereocenters. The summed E-state index contributed by atoms with van der Waals surface area (Å²) in [5.41, 5.74) is 2.02. The van der Waals surface area contributed by atoms with E-state index in [1.165, 1.54) is 43.8 Å². The number of sulfonamides is 1. The molecule has 1 amide bonds. The van der Waals surface area contributed by atoms with Gasteiger partial charge in [-0.1, -0.05) is 17.7 Å². The first kappa shape index (κ1) is 22.1. The Kier molecular flexibility index (Phi) is 6.78. The number of nitrogens with one attached hydrogen (secondary N) is 3. The Hall–Kier alpha value is -3.57. The molecule has 0 bridgehead atoms. The van der Waals surface area contributed by atoms with Gasteiger partial charge in [-0.15, -0.1) is 0 Å². The average molecular weight is 458 g/mol. The van der Waals surface area contributed by atoms with Gasteiger partial charge in [0, 0.05) is 23.6 Å². The number of ether oxygens (including phenoxy) is 1. The molecule has 0 saturated carbocycles. The van der Waals surface area contributed by atoms with Crippen LogP contribution in [0.1, 0.15) is 15.9 Å². The van der Waals surface area contributed by atoms with Crippen LogP contribution < -0.4 is 20.1 Å². The van der Waals surface area contributed by atoms with E-state index in [4.69, 9.17) is 17.0 Å². The van der Waals surface area contributed by atoms with Gasteiger partial charge in [-0.25, -0.2) is 18.4 Å². The Labute approximate surface area is 184 Å². The molecule has 3 N–H and O–H groups in total. The number of hydrogen-bond donors (Lipinski definition) is 3. The van der Waals surface area contributed by atoms with Crippen LogP contribution in [0.2, 0.25) is 0 Å². The van der Waals surface area contributed by atoms with Crippen LogP contribution in [0.5, 0.6) is 5.88 Å². The van der Waals surface area contributed by atoms with Crippen molar-refractivity contribution in [3.05, 3.63) is 72.1 Å². The molecule has 31 heavy (non-hydrogen) atoms. The van der Waals surface area contributed by atoms with Crippen LogP contribution in [0, 0.1) is 6.92 Å². The number of rotatable bonds is 6. The van der Waals surface area contributed by atoms with Gasteiger partial charge in [0.25, 0.3) is 21.8 Å². The number of aryl methyl sites for hydroxylation is 1. The van der Waals surface area contributed by atoms with E-state index in [0.717, 1.165) is 5.56 Å². The molecule has 0 saturated heterocycles. The van der Waals surface area contributed by atoms with E-state index < -0.39 is 10.0 Å². The van der Waals surface area contributed by atoms with E-state index in [2.05, 4.69) is 25.3 Å². The number of thiocarbonyl (C=S) groups is 1. The third-order valence-corrected chi connectivity index (χ3v) is 5.61. The largest absolute Gasteiger partial charge is 0.478 e. The Bertz CT molecular complexity index is 1200. The van der Waals surface area contributed by atoms with Crippen molar-refractivity contribution >= 4 is 44.8 Å². The van der Waals surface area contributed by atoms with Gasteiger partial charge in [-0.2, -0.15) is 0 Å². The first-order chi connectivity index (χ1) is 14.8. The van der Waals surface area contributed by atoms with E-state index in [-0.39, 0.29) is 27.6 Å². The summed E-state index contributed by atoms with van der Waals surface area (Å²) in [6.45, 7) is 1.93. The smallest absolute Gasteiger partial charge is 0.263 e. The molecule has 9 nitrogen and oxygen atoms in total. The quantitative estimate of drug-likeness (QED) is 0.483. The molecule has 11 heteroatoms. The van der Waals surface area contributed by atoms with Crippen molar-refractivity contribution in [1.82, 2.24) is 15.3 Å². The maximum Gasteiger partial charge on any atom is 0.263 e. The Balaban J connectivity index is 1.64. The minimum absolute atomic E-state index is 0.000338. The molecule has 1 heterocycles. The lowest BCUT2D eigenvalue weighted by atomic mass is 10.1. The molecule has 0 fully saturated rings. The third-order valence-electron chi connectivity index (χ3n) is 4.05. The molecule has 2 aromatic carbocycles. The predicted octanol–water partition coefficient (Wildman–Crippen LogP) is 2.72. The lowest BCUT2D eigenvalue weighted by Gasteiger charge is -2.12. The fourth-order valence-electron chi connectivity index (χ4n) is 2.49. The molecule has 0 spiro atoms. The standard InChI is InChI=1S/C20H19N5O4S2/c1-13-3-5-14(6-4-13)18(26)24-20(30)23-15-7-9-16(10-8-15)31(27,28)25-17-19(29-2)22-12-11-21-17/h3-12H,1-2H3,(H,21,25)(H2,23,24,26,30). The monoisotopic (exact) mass is 457 g/mol. The summed E-state index contributed by atoms with van der Waals surface area (Å²) in [6, 6.07) is 12.9. The first-order valence-corrected chi connectivity index (χ1v) is 10.8. The van der Waals surface area contributed by atoms with Gasteiger partial charge in [-0.3, -0.25) is 14.8 Å². The van der Waals surface area contributed by atoms with Gasteiger partial charge in [0.15, 0.2) is 5.11 Å². The number of carbonyl (C=O) groups is 1. The van der Waals surface area contributed by atoms with Crippen molar-refractivity contribution in [3.63, 3.8) is 0 Å². The third kappa shape index (κ3) is 5.74. The normalized spacial score (nSPS) is 10.8. The van der Waals surface area contributed by atoms with Gasteiger partial charge in [-0.05, 0) is 55.5 Å². The Morgan fingerprint density at radius 3 is 2.29 bits per heavy atom. The predicted molar refractivity (Wildman–Crippen MR) is 121 cm³/mol. The second-order valence-corrected chi connectivity index (χ2v) is 8.41. The van der Waals surface area contributed by atoms with Gasteiger partial charge in [0.1, 0.15) is 0 Å². The minimum atomic E-state index is -3.91. The summed E-state index contributed by atoms with van der Waals surface area (Å²) in [5, 5.41) is 5.51. The molecule has 0 radical (unpaired) electrons. The summed E-state index contributed by atoms with van der Waals surface area (Å²) < 4.78 is 32.5. The van der Waals surface area contributed by atoms with Crippen LogP contribution in [0.25, 0.3) is 0 Å². The highest BCUT2D eigenvalue weighted by Gasteiger charge is 2.18. The van der Waals surface area contributed by atoms with Gasteiger partial charge in [0.2, 0.25) is 5.82 Å². The van der Waals surface area contributed by atoms with Crippen molar-refractivity contribution in [1.29, 1.82) is 0 Å². The number of benzene rings is 2. The molecule has 3 aromatic rings. The van der Waals surface area contributed by atoms with E-state index in [9.17, 15) is 13.2 Å². The summed E-state index contributed by atoms with van der Waals surface area (Å²) >= 11 is 5.16. The number of nitrogens with zero attached hydrogens (tertiary/aromatic N) is 2. The SMILES string of the molecule is COc1nccnc1NS(=O)(=O)c1ccc(NC(=S)NC(=O)c2ccc(C)cc2)cc1. The van der Waals surface area contributed by atoms with Crippen molar-refractivity contribution in [3.8, 4) is 5.88 Å². The molecule has 160 valence electrons. The van der Waals surface area contributed by atoms with E-state index in [0.29, 0.717) is 11.3 Å². The topological polar surface area (TPSA) is 122 Å². The molecule has 3 rings (SSSR count). The highest BCUT2D eigenvalue weighted by atomic mass is 32.2. The lowest BCUT2D eigenvalue weighted by molar-refractivity contribution is 0.0977.